The number of anilines is 2. The summed E-state index contributed by atoms with van der Waals surface area (Å²) >= 11 is 0. The number of nitrogens with one attached hydrogen (secondary N) is 1. The van der Waals surface area contributed by atoms with E-state index in [0.717, 1.165) is 70.5 Å². The van der Waals surface area contributed by atoms with Crippen LogP contribution in [-0.2, 0) is 11.3 Å². The molecule has 0 bridgehead atoms. The molecule has 0 saturated carbocycles. The van der Waals surface area contributed by atoms with Gasteiger partial charge in [0.05, 0.1) is 25.1 Å². The highest BCUT2D eigenvalue weighted by Crippen LogP contribution is 2.16. The lowest BCUT2D eigenvalue weighted by atomic mass is 10.2. The van der Waals surface area contributed by atoms with E-state index < -0.39 is 0 Å². The molecule has 0 radical (unpaired) electrons. The van der Waals surface area contributed by atoms with Crippen LogP contribution in [0.5, 0.6) is 0 Å². The van der Waals surface area contributed by atoms with Gasteiger partial charge in [-0.15, -0.1) is 0 Å². The Balaban J connectivity index is 1.25. The number of benzene rings is 1. The van der Waals surface area contributed by atoms with E-state index in [4.69, 9.17) is 4.74 Å². The van der Waals surface area contributed by atoms with E-state index in [2.05, 4.69) is 44.4 Å². The Morgan fingerprint density at radius 2 is 1.71 bits per heavy atom. The fourth-order valence-electron chi connectivity index (χ4n) is 3.59. The Morgan fingerprint density at radius 3 is 2.39 bits per heavy atom. The molecule has 2 aliphatic rings. The number of morpholine rings is 1. The van der Waals surface area contributed by atoms with Crippen LogP contribution in [-0.4, -0.2) is 73.3 Å². The minimum absolute atomic E-state index is 0.0553. The molecule has 148 valence electrons. The van der Waals surface area contributed by atoms with Crippen LogP contribution in [0.3, 0.4) is 0 Å². The molecule has 0 spiro atoms. The monoisotopic (exact) mass is 381 g/mol. The highest BCUT2D eigenvalue weighted by atomic mass is 16.5. The van der Waals surface area contributed by atoms with Crippen LogP contribution < -0.4 is 10.2 Å². The Morgan fingerprint density at radius 1 is 0.964 bits per heavy atom. The molecule has 0 aliphatic carbocycles. The van der Waals surface area contributed by atoms with Gasteiger partial charge in [-0.2, -0.15) is 0 Å². The van der Waals surface area contributed by atoms with Crippen LogP contribution >= 0.6 is 0 Å². The minimum atomic E-state index is -0.0553. The normalized spacial score (nSPS) is 18.1. The molecule has 3 heterocycles. The Labute approximate surface area is 165 Å². The van der Waals surface area contributed by atoms with Crippen molar-refractivity contribution >= 4 is 17.5 Å². The molecular weight excluding hydrogens is 354 g/mol. The van der Waals surface area contributed by atoms with E-state index in [9.17, 15) is 4.79 Å². The third-order valence-corrected chi connectivity index (χ3v) is 5.24. The lowest BCUT2D eigenvalue weighted by Crippen LogP contribution is -2.49. The van der Waals surface area contributed by atoms with Crippen molar-refractivity contribution in [2.24, 2.45) is 0 Å². The Hall–Kier alpha value is -2.64. The summed E-state index contributed by atoms with van der Waals surface area (Å²) in [6.07, 6.45) is 1.73. The number of amides is 2. The molecule has 4 rings (SSSR count). The molecule has 0 atom stereocenters. The van der Waals surface area contributed by atoms with Gasteiger partial charge in [-0.1, -0.05) is 30.3 Å². The quantitative estimate of drug-likeness (QED) is 0.880. The number of urea groups is 1. The summed E-state index contributed by atoms with van der Waals surface area (Å²) < 4.78 is 5.37. The summed E-state index contributed by atoms with van der Waals surface area (Å²) in [7, 11) is 0. The van der Waals surface area contributed by atoms with E-state index in [1.54, 1.807) is 6.20 Å². The second kappa shape index (κ2) is 9.03. The molecule has 2 amide bonds. The predicted octanol–water partition coefficient (Wildman–Crippen LogP) is 2.27. The summed E-state index contributed by atoms with van der Waals surface area (Å²) in [4.78, 5) is 23.5. The lowest BCUT2D eigenvalue weighted by Gasteiger charge is -2.34. The number of carbonyl (C=O) groups is 1. The van der Waals surface area contributed by atoms with Crippen molar-refractivity contribution in [3.8, 4) is 0 Å². The number of nitrogens with zero attached hydrogens (tertiary/aromatic N) is 4. The smallest absolute Gasteiger partial charge is 0.321 e. The third-order valence-electron chi connectivity index (χ3n) is 5.24. The second-order valence-corrected chi connectivity index (χ2v) is 7.18. The molecule has 2 aliphatic heterocycles. The SMILES string of the molecule is O=C(Nc1ccc(N2CCOCC2)nc1)N1CCN(Cc2ccccc2)CC1. The van der Waals surface area contributed by atoms with Crippen LogP contribution in [0.25, 0.3) is 0 Å². The average Bonchev–Trinajstić information content (AvgIpc) is 2.76. The van der Waals surface area contributed by atoms with E-state index in [1.807, 2.05) is 23.1 Å². The van der Waals surface area contributed by atoms with Crippen molar-refractivity contribution in [3.05, 3.63) is 54.2 Å². The van der Waals surface area contributed by atoms with E-state index in [0.29, 0.717) is 0 Å². The maximum atomic E-state index is 12.6. The number of piperazine rings is 1. The number of aromatic nitrogens is 1. The van der Waals surface area contributed by atoms with Gasteiger partial charge in [-0.3, -0.25) is 4.90 Å². The van der Waals surface area contributed by atoms with Gasteiger partial charge in [-0.25, -0.2) is 9.78 Å². The number of rotatable bonds is 4. The number of pyridine rings is 1. The summed E-state index contributed by atoms with van der Waals surface area (Å²) in [6, 6.07) is 14.3. The molecule has 7 nitrogen and oxygen atoms in total. The zero-order chi connectivity index (χ0) is 19.2. The maximum absolute atomic E-state index is 12.6. The van der Waals surface area contributed by atoms with Crippen molar-refractivity contribution in [2.45, 2.75) is 6.54 Å². The molecule has 1 aromatic carbocycles. The third kappa shape index (κ3) is 4.79. The minimum Gasteiger partial charge on any atom is -0.378 e. The van der Waals surface area contributed by atoms with Gasteiger partial charge in [0.15, 0.2) is 0 Å². The Kier molecular flexibility index (Phi) is 6.04. The summed E-state index contributed by atoms with van der Waals surface area (Å²) in [6.45, 7) is 7.34. The van der Waals surface area contributed by atoms with E-state index in [-0.39, 0.29) is 6.03 Å². The van der Waals surface area contributed by atoms with Crippen molar-refractivity contribution in [1.29, 1.82) is 0 Å². The molecule has 28 heavy (non-hydrogen) atoms. The second-order valence-electron chi connectivity index (χ2n) is 7.18. The zero-order valence-corrected chi connectivity index (χ0v) is 16.1. The number of ether oxygens (including phenoxy) is 1. The standard InChI is InChI=1S/C21H27N5O2/c27-21(23-19-6-7-20(22-16-19)25-12-14-28-15-13-25)26-10-8-24(9-11-26)17-18-4-2-1-3-5-18/h1-7,16H,8-15,17H2,(H,23,27). The number of carbonyl (C=O) groups excluding carboxylic acids is 1. The van der Waals surface area contributed by atoms with Gasteiger partial charge >= 0.3 is 6.03 Å². The van der Waals surface area contributed by atoms with Gasteiger partial charge < -0.3 is 19.9 Å². The van der Waals surface area contributed by atoms with Gasteiger partial charge in [0.2, 0.25) is 0 Å². The first-order chi connectivity index (χ1) is 13.8. The highest BCUT2D eigenvalue weighted by Gasteiger charge is 2.21. The summed E-state index contributed by atoms with van der Waals surface area (Å²) in [5.74, 6) is 0.927. The topological polar surface area (TPSA) is 60.9 Å². The fourth-order valence-corrected chi connectivity index (χ4v) is 3.59. The first-order valence-corrected chi connectivity index (χ1v) is 9.89. The molecule has 2 fully saturated rings. The van der Waals surface area contributed by atoms with E-state index in [1.165, 1.54) is 5.56 Å². The van der Waals surface area contributed by atoms with Crippen LogP contribution in [0.2, 0.25) is 0 Å². The molecule has 7 heteroatoms. The summed E-state index contributed by atoms with van der Waals surface area (Å²) in [5, 5.41) is 2.97. The van der Waals surface area contributed by atoms with Gasteiger partial charge in [-0.05, 0) is 17.7 Å². The van der Waals surface area contributed by atoms with E-state index >= 15 is 0 Å². The molecular formula is C21H27N5O2. The largest absolute Gasteiger partial charge is 0.378 e. The van der Waals surface area contributed by atoms with Crippen molar-refractivity contribution in [1.82, 2.24) is 14.8 Å². The van der Waals surface area contributed by atoms with Gasteiger partial charge in [0, 0.05) is 45.8 Å². The van der Waals surface area contributed by atoms with Crippen LogP contribution in [0.15, 0.2) is 48.7 Å². The average molecular weight is 381 g/mol. The van der Waals surface area contributed by atoms with Gasteiger partial charge in [0.25, 0.3) is 0 Å². The molecule has 1 N–H and O–H groups in total. The highest BCUT2D eigenvalue weighted by molar-refractivity contribution is 5.89. The molecule has 2 aromatic rings. The molecule has 0 unspecified atom stereocenters. The molecule has 1 aromatic heterocycles. The van der Waals surface area contributed by atoms with Crippen LogP contribution in [0, 0.1) is 0 Å². The summed E-state index contributed by atoms with van der Waals surface area (Å²) in [5.41, 5.74) is 2.04. The van der Waals surface area contributed by atoms with Gasteiger partial charge in [0.1, 0.15) is 5.82 Å². The van der Waals surface area contributed by atoms with Crippen molar-refractivity contribution in [3.63, 3.8) is 0 Å². The predicted molar refractivity (Wildman–Crippen MR) is 110 cm³/mol. The maximum Gasteiger partial charge on any atom is 0.321 e. The van der Waals surface area contributed by atoms with Crippen molar-refractivity contribution in [2.75, 3.05) is 62.7 Å². The van der Waals surface area contributed by atoms with Crippen molar-refractivity contribution < 1.29 is 9.53 Å². The number of hydrogen-bond acceptors (Lipinski definition) is 5. The number of hydrogen-bond donors (Lipinski definition) is 1. The lowest BCUT2D eigenvalue weighted by molar-refractivity contribution is 0.122. The molecule has 2 saturated heterocycles. The first-order valence-electron chi connectivity index (χ1n) is 9.89. The van der Waals surface area contributed by atoms with Crippen LogP contribution in [0.4, 0.5) is 16.3 Å². The van der Waals surface area contributed by atoms with Crippen LogP contribution in [0.1, 0.15) is 5.56 Å². The first kappa shape index (κ1) is 18.7. The fraction of sp³-hybridized carbons (Fsp3) is 0.429. The Bertz CT molecular complexity index is 754. The zero-order valence-electron chi connectivity index (χ0n) is 16.1.